The van der Waals surface area contributed by atoms with E-state index in [0.717, 1.165) is 10.6 Å². The second kappa shape index (κ2) is 8.73. The van der Waals surface area contributed by atoms with Gasteiger partial charge in [0.15, 0.2) is 5.78 Å². The molecule has 0 saturated carbocycles. The van der Waals surface area contributed by atoms with Crippen LogP contribution >= 0.6 is 11.3 Å². The number of carbonyl (C=O) groups excluding carboxylic acids is 3. The van der Waals surface area contributed by atoms with Gasteiger partial charge in [0.1, 0.15) is 6.61 Å². The number of carbonyl (C=O) groups is 3. The summed E-state index contributed by atoms with van der Waals surface area (Å²) >= 11 is 1.42. The van der Waals surface area contributed by atoms with Crippen LogP contribution in [-0.4, -0.2) is 37.4 Å². The number of rotatable bonds is 7. The zero-order valence-electron chi connectivity index (χ0n) is 14.3. The SMILES string of the molecule is O=C(CCCC(=O)c1cccs1)Nc1ccc(N2CCOCC2=O)cc1. The number of hydrogen-bond acceptors (Lipinski definition) is 5. The summed E-state index contributed by atoms with van der Waals surface area (Å²) in [6.45, 7) is 1.15. The lowest BCUT2D eigenvalue weighted by atomic mass is 10.1. The van der Waals surface area contributed by atoms with Gasteiger partial charge in [-0.1, -0.05) is 6.07 Å². The van der Waals surface area contributed by atoms with E-state index >= 15 is 0 Å². The molecule has 0 bridgehead atoms. The maximum atomic E-state index is 12.0. The molecule has 1 aliphatic heterocycles. The van der Waals surface area contributed by atoms with Crippen LogP contribution in [0.4, 0.5) is 11.4 Å². The maximum absolute atomic E-state index is 12.0. The summed E-state index contributed by atoms with van der Waals surface area (Å²) in [5, 5.41) is 4.69. The van der Waals surface area contributed by atoms with Crippen LogP contribution in [0.1, 0.15) is 28.9 Å². The zero-order chi connectivity index (χ0) is 18.4. The first kappa shape index (κ1) is 18.3. The van der Waals surface area contributed by atoms with Crippen molar-refractivity contribution in [3.63, 3.8) is 0 Å². The molecular weight excluding hydrogens is 352 g/mol. The highest BCUT2D eigenvalue weighted by Crippen LogP contribution is 2.20. The molecule has 1 N–H and O–H groups in total. The normalized spacial score (nSPS) is 14.3. The average molecular weight is 372 g/mol. The van der Waals surface area contributed by atoms with Crippen molar-refractivity contribution in [2.24, 2.45) is 0 Å². The molecule has 0 spiro atoms. The Morgan fingerprint density at radius 1 is 1.15 bits per heavy atom. The molecule has 0 unspecified atom stereocenters. The predicted octanol–water partition coefficient (Wildman–Crippen LogP) is 3.10. The Bertz CT molecular complexity index is 771. The fourth-order valence-electron chi connectivity index (χ4n) is 2.71. The van der Waals surface area contributed by atoms with E-state index < -0.39 is 0 Å². The van der Waals surface area contributed by atoms with Gasteiger partial charge < -0.3 is 15.0 Å². The monoisotopic (exact) mass is 372 g/mol. The van der Waals surface area contributed by atoms with Crippen molar-refractivity contribution >= 4 is 40.3 Å². The molecule has 1 fully saturated rings. The standard InChI is InChI=1S/C19H20N2O4S/c22-16(17-4-2-12-26-17)3-1-5-18(23)20-14-6-8-15(9-7-14)21-10-11-25-13-19(21)24/h2,4,6-9,12H,1,3,5,10-11,13H2,(H,20,23). The van der Waals surface area contributed by atoms with Gasteiger partial charge in [0.25, 0.3) is 5.91 Å². The largest absolute Gasteiger partial charge is 0.370 e. The molecule has 6 nitrogen and oxygen atoms in total. The Labute approximate surface area is 155 Å². The van der Waals surface area contributed by atoms with E-state index in [9.17, 15) is 14.4 Å². The molecule has 2 aromatic rings. The maximum Gasteiger partial charge on any atom is 0.253 e. The number of nitrogens with zero attached hydrogens (tertiary/aromatic N) is 1. The van der Waals surface area contributed by atoms with Crippen LogP contribution in [0.5, 0.6) is 0 Å². The summed E-state index contributed by atoms with van der Waals surface area (Å²) in [4.78, 5) is 38.1. The molecule has 7 heteroatoms. The minimum atomic E-state index is -0.126. The van der Waals surface area contributed by atoms with Crippen molar-refractivity contribution in [3.8, 4) is 0 Å². The van der Waals surface area contributed by atoms with Crippen LogP contribution in [0.25, 0.3) is 0 Å². The van der Waals surface area contributed by atoms with Crippen molar-refractivity contribution in [3.05, 3.63) is 46.7 Å². The third kappa shape index (κ3) is 4.77. The number of ketones is 1. The minimum Gasteiger partial charge on any atom is -0.370 e. The molecule has 0 atom stereocenters. The van der Waals surface area contributed by atoms with Crippen LogP contribution < -0.4 is 10.2 Å². The van der Waals surface area contributed by atoms with Crippen LogP contribution in [0.2, 0.25) is 0 Å². The second-order valence-corrected chi connectivity index (χ2v) is 6.89. The van der Waals surface area contributed by atoms with Gasteiger partial charge in [0, 0.05) is 30.8 Å². The first-order valence-corrected chi connectivity index (χ1v) is 9.36. The van der Waals surface area contributed by atoms with Crippen LogP contribution in [0.15, 0.2) is 41.8 Å². The van der Waals surface area contributed by atoms with E-state index in [1.807, 2.05) is 11.4 Å². The predicted molar refractivity (Wildman–Crippen MR) is 101 cm³/mol. The third-order valence-electron chi connectivity index (χ3n) is 4.05. The van der Waals surface area contributed by atoms with Crippen LogP contribution in [0, 0.1) is 0 Å². The highest BCUT2D eigenvalue weighted by atomic mass is 32.1. The van der Waals surface area contributed by atoms with Gasteiger partial charge in [-0.3, -0.25) is 14.4 Å². The molecule has 26 heavy (non-hydrogen) atoms. The van der Waals surface area contributed by atoms with E-state index in [1.165, 1.54) is 11.3 Å². The van der Waals surface area contributed by atoms with Gasteiger partial charge >= 0.3 is 0 Å². The third-order valence-corrected chi connectivity index (χ3v) is 4.96. The van der Waals surface area contributed by atoms with E-state index in [0.29, 0.717) is 38.1 Å². The molecule has 1 aromatic heterocycles. The molecule has 1 aromatic carbocycles. The highest BCUT2D eigenvalue weighted by Gasteiger charge is 2.20. The van der Waals surface area contributed by atoms with Crippen LogP contribution in [0.3, 0.4) is 0 Å². The van der Waals surface area contributed by atoms with Gasteiger partial charge in [-0.15, -0.1) is 11.3 Å². The van der Waals surface area contributed by atoms with E-state index in [4.69, 9.17) is 4.74 Å². The molecule has 136 valence electrons. The number of nitrogens with one attached hydrogen (secondary N) is 1. The Kier molecular flexibility index (Phi) is 6.14. The summed E-state index contributed by atoms with van der Waals surface area (Å²) < 4.78 is 5.12. The van der Waals surface area contributed by atoms with Crippen LogP contribution in [-0.2, 0) is 14.3 Å². The fraction of sp³-hybridized carbons (Fsp3) is 0.316. The number of Topliss-reactive ketones (excluding diaryl/α,β-unsaturated/α-hetero) is 1. The number of hydrogen-bond donors (Lipinski definition) is 1. The number of ether oxygens (including phenoxy) is 1. The Morgan fingerprint density at radius 2 is 1.96 bits per heavy atom. The average Bonchev–Trinajstić information content (AvgIpc) is 3.18. The zero-order valence-corrected chi connectivity index (χ0v) is 15.1. The minimum absolute atomic E-state index is 0.0663. The van der Waals surface area contributed by atoms with Crippen molar-refractivity contribution in [2.75, 3.05) is 30.0 Å². The molecule has 0 radical (unpaired) electrons. The Balaban J connectivity index is 1.45. The second-order valence-electron chi connectivity index (χ2n) is 5.95. The molecule has 3 rings (SSSR count). The van der Waals surface area contributed by atoms with Gasteiger partial charge in [0.2, 0.25) is 5.91 Å². The lowest BCUT2D eigenvalue weighted by molar-refractivity contribution is -0.125. The molecule has 2 heterocycles. The summed E-state index contributed by atoms with van der Waals surface area (Å²) in [6.07, 6.45) is 1.18. The van der Waals surface area contributed by atoms with Gasteiger partial charge in [-0.25, -0.2) is 0 Å². The Hall–Kier alpha value is -2.51. The summed E-state index contributed by atoms with van der Waals surface area (Å²) in [5.74, 6) is -0.116. The van der Waals surface area contributed by atoms with E-state index in [2.05, 4.69) is 5.32 Å². The topological polar surface area (TPSA) is 75.7 Å². The molecule has 1 aliphatic rings. The van der Waals surface area contributed by atoms with Crippen molar-refractivity contribution in [2.45, 2.75) is 19.3 Å². The number of anilines is 2. The quantitative estimate of drug-likeness (QED) is 0.758. The van der Waals surface area contributed by atoms with Crippen molar-refractivity contribution < 1.29 is 19.1 Å². The molecule has 2 amide bonds. The summed E-state index contributed by atoms with van der Waals surface area (Å²) in [7, 11) is 0. The van der Waals surface area contributed by atoms with Crippen molar-refractivity contribution in [1.29, 1.82) is 0 Å². The first-order valence-electron chi connectivity index (χ1n) is 8.48. The highest BCUT2D eigenvalue weighted by molar-refractivity contribution is 7.12. The lowest BCUT2D eigenvalue weighted by Gasteiger charge is -2.26. The van der Waals surface area contributed by atoms with E-state index in [1.54, 1.807) is 35.2 Å². The number of thiophene rings is 1. The van der Waals surface area contributed by atoms with Gasteiger partial charge in [-0.2, -0.15) is 0 Å². The smallest absolute Gasteiger partial charge is 0.253 e. The van der Waals surface area contributed by atoms with Crippen molar-refractivity contribution in [1.82, 2.24) is 0 Å². The Morgan fingerprint density at radius 3 is 2.65 bits per heavy atom. The molecular formula is C19H20N2O4S. The number of amides is 2. The summed E-state index contributed by atoms with van der Waals surface area (Å²) in [6, 6.07) is 10.8. The molecule has 1 saturated heterocycles. The van der Waals surface area contributed by atoms with Gasteiger partial charge in [0.05, 0.1) is 11.5 Å². The fourth-order valence-corrected chi connectivity index (χ4v) is 3.40. The van der Waals surface area contributed by atoms with E-state index in [-0.39, 0.29) is 24.2 Å². The first-order chi connectivity index (χ1) is 12.6. The summed E-state index contributed by atoms with van der Waals surface area (Å²) in [5.41, 5.74) is 1.46. The number of benzene rings is 1. The van der Waals surface area contributed by atoms with Gasteiger partial charge in [-0.05, 0) is 42.1 Å². The molecule has 0 aliphatic carbocycles. The number of morpholine rings is 1. The lowest BCUT2D eigenvalue weighted by Crippen LogP contribution is -2.41.